The highest BCUT2D eigenvalue weighted by molar-refractivity contribution is 5.32. The molecule has 0 aliphatic carbocycles. The summed E-state index contributed by atoms with van der Waals surface area (Å²) in [6.07, 6.45) is -0.659. The van der Waals surface area contributed by atoms with Gasteiger partial charge in [-0.25, -0.2) is 4.39 Å². The molecule has 0 saturated carbocycles. The van der Waals surface area contributed by atoms with Crippen molar-refractivity contribution in [3.63, 3.8) is 0 Å². The minimum Gasteiger partial charge on any atom is -0.497 e. The summed E-state index contributed by atoms with van der Waals surface area (Å²) >= 11 is 0. The Hall–Kier alpha value is -1.33. The van der Waals surface area contributed by atoms with Crippen LogP contribution in [0.25, 0.3) is 0 Å². The van der Waals surface area contributed by atoms with E-state index in [1.165, 1.54) is 0 Å². The second kappa shape index (κ2) is 7.86. The fourth-order valence-electron chi connectivity index (χ4n) is 1.28. The molecular formula is C12H18FNO3. The zero-order chi connectivity index (χ0) is 12.5. The second-order valence-electron chi connectivity index (χ2n) is 3.54. The van der Waals surface area contributed by atoms with Gasteiger partial charge < -0.3 is 19.9 Å². The largest absolute Gasteiger partial charge is 0.497 e. The van der Waals surface area contributed by atoms with Crippen LogP contribution in [0, 0.1) is 0 Å². The van der Waals surface area contributed by atoms with Crippen molar-refractivity contribution in [2.75, 3.05) is 33.5 Å². The Kier molecular flexibility index (Phi) is 6.35. The topological polar surface area (TPSA) is 50.7 Å². The van der Waals surface area contributed by atoms with E-state index in [0.29, 0.717) is 18.0 Å². The molecule has 2 N–H and O–H groups in total. The summed E-state index contributed by atoms with van der Waals surface area (Å²) in [4.78, 5) is 0. The Bertz CT molecular complexity index is 322. The molecule has 0 spiro atoms. The molecule has 1 rings (SSSR count). The van der Waals surface area contributed by atoms with Crippen LogP contribution in [0.3, 0.4) is 0 Å². The summed E-state index contributed by atoms with van der Waals surface area (Å²) in [7, 11) is 1.58. The summed E-state index contributed by atoms with van der Waals surface area (Å²) in [5, 5.41) is 12.3. The van der Waals surface area contributed by atoms with Crippen molar-refractivity contribution in [3.05, 3.63) is 24.3 Å². The number of hydrogen-bond acceptors (Lipinski definition) is 4. The van der Waals surface area contributed by atoms with Crippen LogP contribution < -0.4 is 14.8 Å². The first kappa shape index (κ1) is 13.7. The van der Waals surface area contributed by atoms with Gasteiger partial charge in [0.1, 0.15) is 30.9 Å². The van der Waals surface area contributed by atoms with Crippen LogP contribution in [-0.4, -0.2) is 44.7 Å². The number of ether oxygens (including phenoxy) is 2. The maximum Gasteiger partial charge on any atom is 0.123 e. The van der Waals surface area contributed by atoms with Gasteiger partial charge in [-0.3, -0.25) is 0 Å². The number of aliphatic hydroxyl groups excluding tert-OH is 1. The zero-order valence-electron chi connectivity index (χ0n) is 9.86. The molecule has 0 radical (unpaired) electrons. The first-order valence-corrected chi connectivity index (χ1v) is 5.48. The lowest BCUT2D eigenvalue weighted by Gasteiger charge is -2.13. The lowest BCUT2D eigenvalue weighted by molar-refractivity contribution is 0.106. The molecule has 5 heteroatoms. The summed E-state index contributed by atoms with van der Waals surface area (Å²) in [5.74, 6) is 1.33. The molecule has 1 aromatic carbocycles. The normalized spacial score (nSPS) is 12.2. The fourth-order valence-corrected chi connectivity index (χ4v) is 1.28. The molecule has 1 aromatic rings. The van der Waals surface area contributed by atoms with Crippen LogP contribution in [0.4, 0.5) is 4.39 Å². The smallest absolute Gasteiger partial charge is 0.123 e. The minimum absolute atomic E-state index is 0.159. The van der Waals surface area contributed by atoms with Gasteiger partial charge in [0.25, 0.3) is 0 Å². The molecule has 0 aliphatic heterocycles. The van der Waals surface area contributed by atoms with E-state index in [1.807, 2.05) is 12.1 Å². The molecule has 0 heterocycles. The highest BCUT2D eigenvalue weighted by Gasteiger charge is 2.05. The summed E-state index contributed by atoms with van der Waals surface area (Å²) < 4.78 is 22.2. The van der Waals surface area contributed by atoms with Gasteiger partial charge in [-0.1, -0.05) is 6.07 Å². The van der Waals surface area contributed by atoms with E-state index >= 15 is 0 Å². The lowest BCUT2D eigenvalue weighted by atomic mass is 10.3. The van der Waals surface area contributed by atoms with Gasteiger partial charge in [0.05, 0.1) is 7.11 Å². The quantitative estimate of drug-likeness (QED) is 0.669. The number of hydrogen-bond donors (Lipinski definition) is 2. The van der Waals surface area contributed by atoms with Crippen LogP contribution in [-0.2, 0) is 0 Å². The lowest BCUT2D eigenvalue weighted by Crippen LogP contribution is -2.32. The molecule has 1 unspecified atom stereocenters. The third kappa shape index (κ3) is 5.51. The van der Waals surface area contributed by atoms with Gasteiger partial charge >= 0.3 is 0 Å². The number of benzene rings is 1. The highest BCUT2D eigenvalue weighted by atomic mass is 19.1. The Morgan fingerprint density at radius 1 is 1.41 bits per heavy atom. The predicted molar refractivity (Wildman–Crippen MR) is 63.3 cm³/mol. The molecule has 1 atom stereocenters. The van der Waals surface area contributed by atoms with Crippen molar-refractivity contribution in [2.24, 2.45) is 0 Å². The molecular weight excluding hydrogens is 225 g/mol. The van der Waals surface area contributed by atoms with Crippen molar-refractivity contribution < 1.29 is 19.0 Å². The van der Waals surface area contributed by atoms with E-state index in [4.69, 9.17) is 9.47 Å². The van der Waals surface area contributed by atoms with Gasteiger partial charge in [-0.15, -0.1) is 0 Å². The Morgan fingerprint density at radius 3 is 2.88 bits per heavy atom. The minimum atomic E-state index is -0.659. The monoisotopic (exact) mass is 243 g/mol. The molecule has 4 nitrogen and oxygen atoms in total. The molecule has 17 heavy (non-hydrogen) atoms. The van der Waals surface area contributed by atoms with E-state index in [1.54, 1.807) is 19.2 Å². The first-order valence-electron chi connectivity index (χ1n) is 5.48. The third-order valence-corrected chi connectivity index (χ3v) is 2.13. The Labute approximate surface area is 100 Å². The predicted octanol–water partition coefficient (Wildman–Crippen LogP) is 0.994. The van der Waals surface area contributed by atoms with Gasteiger partial charge in [0.2, 0.25) is 0 Å². The van der Waals surface area contributed by atoms with Crippen LogP contribution in [0.2, 0.25) is 0 Å². The maximum atomic E-state index is 11.8. The SMILES string of the molecule is COc1cccc(OCC(O)CNCCF)c1. The van der Waals surface area contributed by atoms with Crippen molar-refractivity contribution in [1.82, 2.24) is 5.32 Å². The zero-order valence-corrected chi connectivity index (χ0v) is 9.86. The molecule has 0 amide bonds. The number of alkyl halides is 1. The third-order valence-electron chi connectivity index (χ3n) is 2.13. The molecule has 0 saturated heterocycles. The van der Waals surface area contributed by atoms with Gasteiger partial charge in [0, 0.05) is 19.2 Å². The average Bonchev–Trinajstić information content (AvgIpc) is 2.37. The number of aliphatic hydroxyl groups is 1. The number of rotatable bonds is 8. The summed E-state index contributed by atoms with van der Waals surface area (Å²) in [6.45, 7) is 0.278. The Morgan fingerprint density at radius 2 is 2.18 bits per heavy atom. The number of halogens is 1. The summed E-state index contributed by atoms with van der Waals surface area (Å²) in [5.41, 5.74) is 0. The van der Waals surface area contributed by atoms with E-state index in [9.17, 15) is 9.50 Å². The molecule has 0 bridgehead atoms. The Balaban J connectivity index is 2.28. The van der Waals surface area contributed by atoms with Crippen molar-refractivity contribution in [3.8, 4) is 11.5 Å². The van der Waals surface area contributed by atoms with E-state index in [2.05, 4.69) is 5.32 Å². The standard InChI is InChI=1S/C12H18FNO3/c1-16-11-3-2-4-12(7-11)17-9-10(15)8-14-6-5-13/h2-4,7,10,14-15H,5-6,8-9H2,1H3. The molecule has 96 valence electrons. The first-order chi connectivity index (χ1) is 8.26. The maximum absolute atomic E-state index is 11.8. The van der Waals surface area contributed by atoms with Crippen LogP contribution >= 0.6 is 0 Å². The van der Waals surface area contributed by atoms with Gasteiger partial charge in [-0.05, 0) is 12.1 Å². The molecule has 0 aromatic heterocycles. The van der Waals surface area contributed by atoms with E-state index < -0.39 is 12.8 Å². The van der Waals surface area contributed by atoms with Crippen LogP contribution in [0.15, 0.2) is 24.3 Å². The number of nitrogens with one attached hydrogen (secondary N) is 1. The average molecular weight is 243 g/mol. The van der Waals surface area contributed by atoms with Gasteiger partial charge in [0.15, 0.2) is 0 Å². The van der Waals surface area contributed by atoms with Crippen LogP contribution in [0.1, 0.15) is 0 Å². The second-order valence-corrected chi connectivity index (χ2v) is 3.54. The van der Waals surface area contributed by atoms with Crippen molar-refractivity contribution in [2.45, 2.75) is 6.10 Å². The molecule has 0 fully saturated rings. The van der Waals surface area contributed by atoms with Gasteiger partial charge in [-0.2, -0.15) is 0 Å². The number of methoxy groups -OCH3 is 1. The highest BCUT2D eigenvalue weighted by Crippen LogP contribution is 2.18. The van der Waals surface area contributed by atoms with Crippen LogP contribution in [0.5, 0.6) is 11.5 Å². The fraction of sp³-hybridized carbons (Fsp3) is 0.500. The van der Waals surface area contributed by atoms with E-state index in [0.717, 1.165) is 0 Å². The van der Waals surface area contributed by atoms with E-state index in [-0.39, 0.29) is 13.2 Å². The van der Waals surface area contributed by atoms with Crippen molar-refractivity contribution >= 4 is 0 Å². The summed E-state index contributed by atoms with van der Waals surface area (Å²) in [6, 6.07) is 7.14. The van der Waals surface area contributed by atoms with Crippen molar-refractivity contribution in [1.29, 1.82) is 0 Å². The molecule has 0 aliphatic rings.